The van der Waals surface area contributed by atoms with Gasteiger partial charge in [-0.1, -0.05) is 223 Å². The number of thioether (sulfide) groups is 1. The summed E-state index contributed by atoms with van der Waals surface area (Å²) in [7, 11) is 0. The maximum Gasteiger partial charge on any atom is 0.360 e. The number of nitrogens with two attached hydrogens (primary N) is 1. The van der Waals surface area contributed by atoms with E-state index < -0.39 is 19.8 Å². The highest BCUT2D eigenvalue weighted by molar-refractivity contribution is 8.00. The predicted molar refractivity (Wildman–Crippen MR) is 483 cm³/mol. The smallest absolute Gasteiger partial charge is 0.360 e. The number of Topliss-reactive ketones (excluding diaryl/α,β-unsaturated/α-hetero) is 2. The number of fused-ring (bicyclic) bond motifs is 3. The van der Waals surface area contributed by atoms with Gasteiger partial charge in [-0.3, -0.25) is 14.4 Å². The largest absolute Gasteiger partial charge is 0.507 e. The van der Waals surface area contributed by atoms with E-state index in [0.717, 1.165) is 69.1 Å². The number of amides is 1. The molecule has 5 atom stereocenters. The number of benzene rings is 6. The highest BCUT2D eigenvalue weighted by Crippen LogP contribution is 2.43. The van der Waals surface area contributed by atoms with Crippen molar-refractivity contribution in [2.45, 2.75) is 256 Å². The van der Waals surface area contributed by atoms with Crippen molar-refractivity contribution in [3.05, 3.63) is 226 Å². The van der Waals surface area contributed by atoms with Crippen LogP contribution in [-0.2, 0) is 16.1 Å². The molecule has 624 valence electrons. The van der Waals surface area contributed by atoms with Crippen molar-refractivity contribution < 1.29 is 43.9 Å². The van der Waals surface area contributed by atoms with E-state index in [4.69, 9.17) is 10.6 Å². The number of hydrogen-bond donors (Lipinski definition) is 6. The van der Waals surface area contributed by atoms with Crippen LogP contribution in [0.3, 0.4) is 0 Å². The highest BCUT2D eigenvalue weighted by atomic mass is 32.2. The first-order valence-corrected chi connectivity index (χ1v) is 42.9. The van der Waals surface area contributed by atoms with E-state index in [1.165, 1.54) is 117 Å². The molecule has 7 N–H and O–H groups in total. The summed E-state index contributed by atoms with van der Waals surface area (Å²) in [5.74, 6) is 16.5. The van der Waals surface area contributed by atoms with E-state index in [0.29, 0.717) is 46.5 Å². The van der Waals surface area contributed by atoms with Gasteiger partial charge in [0.2, 0.25) is 5.82 Å². The van der Waals surface area contributed by atoms with Crippen molar-refractivity contribution >= 4 is 65.6 Å². The SMILES string of the molecule is C=C1CC2C(CSC2C(C)C)N1.CB(O)c1ccc(C(=O)C(C)C)cc1.CB(O)c1ccc(C(=O)NC(C)C)cc1.CC(C)(C)N1Cc2ccccc2C#Cc2ccccc21.CC(C)C(=O)c1ccc(C(=O)ON)c(O)c1.CC(C)C1CC/C=C/CCC1.CC(C)OC1CC/C=C/CCC1.Cc1nnc(-c2ccc(C(C)C)cc2)nn1. The zero-order valence-electron chi connectivity index (χ0n) is 73.1. The van der Waals surface area contributed by atoms with Crippen molar-refractivity contribution in [1.82, 2.24) is 31.0 Å². The fourth-order valence-electron chi connectivity index (χ4n) is 13.7. The van der Waals surface area contributed by atoms with Crippen molar-refractivity contribution in [2.75, 3.05) is 10.7 Å². The third kappa shape index (κ3) is 33.6. The average Bonchev–Trinajstić information content (AvgIpc) is 1.53. The van der Waals surface area contributed by atoms with Crippen molar-refractivity contribution in [1.29, 1.82) is 0 Å². The van der Waals surface area contributed by atoms with E-state index in [1.807, 2.05) is 39.8 Å². The molecule has 0 radical (unpaired) electrons. The van der Waals surface area contributed by atoms with Crippen LogP contribution in [0.15, 0.2) is 176 Å². The maximum absolute atomic E-state index is 11.6. The Morgan fingerprint density at radius 1 is 0.638 bits per heavy atom. The lowest BCUT2D eigenvalue weighted by Gasteiger charge is -2.39. The molecule has 0 saturated carbocycles. The molecule has 2 aliphatic carbocycles. The first kappa shape index (κ1) is 97.6. The number of carbonyl (C=O) groups excluding carboxylic acids is 4. The van der Waals surface area contributed by atoms with Gasteiger partial charge in [0.05, 0.1) is 17.9 Å². The molecular formula is C96H134B2N8O9S. The van der Waals surface area contributed by atoms with Crippen LogP contribution in [0, 0.1) is 54.3 Å². The monoisotopic (exact) mass is 1600 g/mol. The molecule has 12 rings (SSSR count). The van der Waals surface area contributed by atoms with Crippen LogP contribution in [0.2, 0.25) is 13.6 Å². The number of para-hydroxylation sites is 1. The molecule has 2 saturated heterocycles. The molecule has 4 heterocycles. The number of aryl methyl sites for hydroxylation is 1. The van der Waals surface area contributed by atoms with Gasteiger partial charge in [0, 0.05) is 86.1 Å². The minimum atomic E-state index is -0.846. The van der Waals surface area contributed by atoms with Crippen molar-refractivity contribution in [2.24, 2.45) is 41.4 Å². The summed E-state index contributed by atoms with van der Waals surface area (Å²) in [6, 6.07) is 44.0. The quantitative estimate of drug-likeness (QED) is 0.0183. The number of nitrogens with one attached hydrogen (secondary N) is 2. The second kappa shape index (κ2) is 50.0. The number of nitrogens with zero attached hydrogens (tertiary/aromatic N) is 5. The molecule has 20 heteroatoms. The second-order valence-electron chi connectivity index (χ2n) is 33.7. The molecular weight excluding hydrogens is 1460 g/mol. The number of phenols is 1. The summed E-state index contributed by atoms with van der Waals surface area (Å²) in [5.41, 5.74) is 11.6. The number of allylic oxidation sites excluding steroid dienone is 5. The minimum absolute atomic E-state index is 0.0207. The van der Waals surface area contributed by atoms with Gasteiger partial charge in [-0.05, 0) is 220 Å². The lowest BCUT2D eigenvalue weighted by Crippen LogP contribution is -2.41. The molecule has 1 aromatic heterocycles. The molecule has 5 unspecified atom stereocenters. The average molecular weight is 1600 g/mol. The first-order chi connectivity index (χ1) is 55.0. The van der Waals surface area contributed by atoms with Gasteiger partial charge in [-0.15, -0.1) is 20.4 Å². The third-order valence-electron chi connectivity index (χ3n) is 20.4. The number of rotatable bonds is 15. The Hall–Kier alpha value is -8.96. The maximum atomic E-state index is 11.6. The molecule has 6 aromatic carbocycles. The van der Waals surface area contributed by atoms with Gasteiger partial charge < -0.3 is 40.3 Å². The Balaban J connectivity index is 0.000000238. The summed E-state index contributed by atoms with van der Waals surface area (Å²) in [6.07, 6.45) is 24.4. The van der Waals surface area contributed by atoms with Crippen LogP contribution in [-0.4, -0.2) is 114 Å². The summed E-state index contributed by atoms with van der Waals surface area (Å²) in [6.45, 7) is 44.9. The standard InChI is InChI=1S/C19H19N.C12H14N4.C11H16BNO2.C11H15BO2.C11H13NO4.C11H20O.C11H20.C10H17NS/c1-19(2,3)20-14-17-10-5-4-8-15(17)12-13-16-9-6-7-11-18(16)20;1-8(2)10-4-6-11(7-5-10)12-15-13-9(3)14-16-12;1-8(2)13-11(14)9-4-6-10(7-5-9)12(3)15;1-8(2)11(13)9-4-6-10(7-5-9)12(3)14;1-6(2)10(14)7-3-4-8(9(13)5-7)11(15)16-12;1-10(2)12-11-8-6-4-3-5-7-9-11;1-10(2)11-8-6-4-3-5-7-9-11;1-6(2)10-8-4-7(3)11-9(8)5-12-10/h4-11H,14H2,1-3H3;4-8H,1-3H3;4-8,15H,1-3H3,(H,13,14);4-8,14H,1-3H3;3-6,13H,12H2,1-2H3;3-4,10-11H,5-9H2,1-2H3;3-4,10-11H,5-9H2,1-2H3;6,8-11H,3-5H2,1-2H3/b;;;;;2*4-3+;. The number of carbonyl (C=O) groups is 4. The number of hydrogen-bond acceptors (Lipinski definition) is 17. The number of aromatic nitrogens is 4. The molecule has 2 fully saturated rings. The molecule has 0 bridgehead atoms. The lowest BCUT2D eigenvalue weighted by molar-refractivity contribution is -0.00214. The number of aromatic hydroxyl groups is 1. The van der Waals surface area contributed by atoms with Crippen LogP contribution in [0.1, 0.15) is 264 Å². The van der Waals surface area contributed by atoms with E-state index >= 15 is 0 Å². The Morgan fingerprint density at radius 2 is 1.16 bits per heavy atom. The fourth-order valence-corrected chi connectivity index (χ4v) is 15.3. The molecule has 3 aliphatic heterocycles. The summed E-state index contributed by atoms with van der Waals surface area (Å²) in [5, 5.41) is 51.0. The van der Waals surface area contributed by atoms with Crippen LogP contribution in [0.5, 0.6) is 5.75 Å². The molecule has 5 aliphatic rings. The molecule has 116 heavy (non-hydrogen) atoms. The summed E-state index contributed by atoms with van der Waals surface area (Å²) in [4.78, 5) is 52.2. The van der Waals surface area contributed by atoms with Crippen LogP contribution in [0.25, 0.3) is 11.4 Å². The van der Waals surface area contributed by atoms with Gasteiger partial charge in [0.25, 0.3) is 5.91 Å². The highest BCUT2D eigenvalue weighted by Gasteiger charge is 2.42. The molecule has 1 amide bonds. The molecule has 17 nitrogen and oxygen atoms in total. The topological polar surface area (TPSA) is 252 Å². The van der Waals surface area contributed by atoms with Crippen LogP contribution >= 0.6 is 11.8 Å². The normalized spacial score (nSPS) is 17.7. The first-order valence-electron chi connectivity index (χ1n) is 41.8. The Kier molecular flexibility index (Phi) is 42.0. The number of anilines is 1. The Labute approximate surface area is 700 Å². The van der Waals surface area contributed by atoms with Crippen LogP contribution in [0.4, 0.5) is 5.69 Å². The number of phenolic OH excluding ortho intramolecular Hbond substituents is 1. The number of ketones is 2. The van der Waals surface area contributed by atoms with Gasteiger partial charge in [0.15, 0.2) is 17.4 Å². The molecule has 0 spiro atoms. The Bertz CT molecular complexity index is 4280. The van der Waals surface area contributed by atoms with Gasteiger partial charge >= 0.3 is 19.8 Å². The fraction of sp³-hybridized carbons (Fsp3) is 0.479. The van der Waals surface area contributed by atoms with E-state index in [2.05, 4.69) is 232 Å². The van der Waals surface area contributed by atoms with Gasteiger partial charge in [-0.25, -0.2) is 4.79 Å². The van der Waals surface area contributed by atoms with E-state index in [1.54, 1.807) is 82.9 Å². The van der Waals surface area contributed by atoms with E-state index in [9.17, 15) is 34.3 Å². The minimum Gasteiger partial charge on any atom is -0.507 e. The van der Waals surface area contributed by atoms with Crippen LogP contribution < -0.4 is 32.4 Å². The zero-order chi connectivity index (χ0) is 85.8. The molecule has 7 aromatic rings. The van der Waals surface area contributed by atoms with Crippen molar-refractivity contribution in [3.8, 4) is 29.0 Å². The van der Waals surface area contributed by atoms with Crippen molar-refractivity contribution in [3.63, 3.8) is 0 Å². The Morgan fingerprint density at radius 3 is 1.69 bits per heavy atom. The zero-order valence-corrected chi connectivity index (χ0v) is 73.9. The van der Waals surface area contributed by atoms with E-state index in [-0.39, 0.29) is 52.2 Å². The third-order valence-corrected chi connectivity index (χ3v) is 22.2. The summed E-state index contributed by atoms with van der Waals surface area (Å²) < 4.78 is 5.79. The summed E-state index contributed by atoms with van der Waals surface area (Å²) >= 11 is 2.14. The predicted octanol–water partition coefficient (Wildman–Crippen LogP) is 19.2. The van der Waals surface area contributed by atoms with Gasteiger partial charge in [0.1, 0.15) is 11.3 Å². The second-order valence-corrected chi connectivity index (χ2v) is 34.9. The number of ether oxygens (including phenoxy) is 1. The lowest BCUT2D eigenvalue weighted by atomic mass is 9.64. The van der Waals surface area contributed by atoms with Gasteiger partial charge in [-0.2, -0.15) is 17.7 Å².